The number of nitrogens with one attached hydrogen (secondary N) is 1. The van der Waals surface area contributed by atoms with Crippen molar-refractivity contribution in [3.63, 3.8) is 0 Å². The Morgan fingerprint density at radius 1 is 1.00 bits per heavy atom. The molecule has 1 unspecified atom stereocenters. The fraction of sp³-hybridized carbons (Fsp3) is 0.421. The number of aryl methyl sites for hydroxylation is 2. The Balaban J connectivity index is 2.26. The van der Waals surface area contributed by atoms with Crippen LogP contribution in [0.15, 0.2) is 42.6 Å². The summed E-state index contributed by atoms with van der Waals surface area (Å²) < 4.78 is 0. The number of hydrogen-bond donors (Lipinski definition) is 1. The van der Waals surface area contributed by atoms with Gasteiger partial charge in [0.1, 0.15) is 0 Å². The minimum absolute atomic E-state index is 0.252. The maximum atomic E-state index is 4.31. The first-order chi connectivity index (χ1) is 10.2. The van der Waals surface area contributed by atoms with Crippen LogP contribution in [0.2, 0.25) is 0 Å². The average molecular weight is 282 g/mol. The van der Waals surface area contributed by atoms with E-state index in [0.717, 1.165) is 25.1 Å². The van der Waals surface area contributed by atoms with Crippen LogP contribution >= 0.6 is 0 Å². The van der Waals surface area contributed by atoms with Crippen molar-refractivity contribution in [2.45, 2.75) is 46.1 Å². The molecule has 0 aliphatic carbocycles. The molecule has 112 valence electrons. The second-order valence-electron chi connectivity index (χ2n) is 5.61. The maximum Gasteiger partial charge on any atom is 0.0577 e. The summed E-state index contributed by atoms with van der Waals surface area (Å²) in [6, 6.07) is 13.6. The van der Waals surface area contributed by atoms with E-state index in [2.05, 4.69) is 60.5 Å². The van der Waals surface area contributed by atoms with Gasteiger partial charge >= 0.3 is 0 Å². The molecule has 1 aromatic heterocycles. The standard InChI is InChI=1S/C19H26N2/c1-4-6-16-7-9-17(10-8-16)19(21-12-5-2)18-11-13-20-15(3)14-18/h7-11,13-14,19,21H,4-6,12H2,1-3H3. The summed E-state index contributed by atoms with van der Waals surface area (Å²) in [5.41, 5.74) is 5.10. The average Bonchev–Trinajstić information content (AvgIpc) is 2.50. The van der Waals surface area contributed by atoms with Gasteiger partial charge < -0.3 is 5.32 Å². The molecule has 0 bridgehead atoms. The van der Waals surface area contributed by atoms with E-state index in [4.69, 9.17) is 0 Å². The van der Waals surface area contributed by atoms with Crippen molar-refractivity contribution < 1.29 is 0 Å². The fourth-order valence-electron chi connectivity index (χ4n) is 2.63. The van der Waals surface area contributed by atoms with Gasteiger partial charge in [0.15, 0.2) is 0 Å². The molecule has 0 aliphatic rings. The van der Waals surface area contributed by atoms with Gasteiger partial charge in [0.2, 0.25) is 0 Å². The summed E-state index contributed by atoms with van der Waals surface area (Å²) in [5, 5.41) is 3.65. The molecule has 0 amide bonds. The monoisotopic (exact) mass is 282 g/mol. The zero-order valence-corrected chi connectivity index (χ0v) is 13.4. The Bertz CT molecular complexity index is 546. The quantitative estimate of drug-likeness (QED) is 0.812. The van der Waals surface area contributed by atoms with E-state index in [1.54, 1.807) is 0 Å². The van der Waals surface area contributed by atoms with E-state index in [1.807, 2.05) is 13.1 Å². The Labute approximate surface area is 128 Å². The largest absolute Gasteiger partial charge is 0.306 e. The Hall–Kier alpha value is -1.67. The maximum absolute atomic E-state index is 4.31. The third-order valence-corrected chi connectivity index (χ3v) is 3.70. The number of aromatic nitrogens is 1. The van der Waals surface area contributed by atoms with Crippen LogP contribution < -0.4 is 5.32 Å². The smallest absolute Gasteiger partial charge is 0.0577 e. The van der Waals surface area contributed by atoms with Crippen molar-refractivity contribution in [1.29, 1.82) is 0 Å². The molecule has 1 aromatic carbocycles. The molecule has 2 aromatic rings. The van der Waals surface area contributed by atoms with Crippen LogP contribution in [-0.4, -0.2) is 11.5 Å². The Morgan fingerprint density at radius 2 is 1.76 bits per heavy atom. The summed E-state index contributed by atoms with van der Waals surface area (Å²) in [6.07, 6.45) is 5.38. The van der Waals surface area contributed by atoms with Gasteiger partial charge in [0, 0.05) is 11.9 Å². The van der Waals surface area contributed by atoms with Gasteiger partial charge in [-0.05, 0) is 55.1 Å². The number of nitrogens with zero attached hydrogens (tertiary/aromatic N) is 1. The van der Waals surface area contributed by atoms with Gasteiger partial charge in [0.25, 0.3) is 0 Å². The number of hydrogen-bond acceptors (Lipinski definition) is 2. The topological polar surface area (TPSA) is 24.9 Å². The molecule has 2 heteroatoms. The molecular formula is C19H26N2. The van der Waals surface area contributed by atoms with Crippen LogP contribution in [0, 0.1) is 6.92 Å². The number of rotatable bonds is 7. The zero-order chi connectivity index (χ0) is 15.1. The first-order valence-electron chi connectivity index (χ1n) is 7.99. The van der Waals surface area contributed by atoms with Gasteiger partial charge in [0.05, 0.1) is 6.04 Å². The van der Waals surface area contributed by atoms with Crippen LogP contribution in [0.5, 0.6) is 0 Å². The minimum atomic E-state index is 0.252. The molecule has 0 aliphatic heterocycles. The van der Waals surface area contributed by atoms with E-state index in [1.165, 1.54) is 23.1 Å². The molecule has 1 N–H and O–H groups in total. The summed E-state index contributed by atoms with van der Waals surface area (Å²) in [5.74, 6) is 0. The van der Waals surface area contributed by atoms with Crippen LogP contribution in [0.3, 0.4) is 0 Å². The first-order valence-corrected chi connectivity index (χ1v) is 7.99. The molecule has 0 spiro atoms. The fourth-order valence-corrected chi connectivity index (χ4v) is 2.63. The Morgan fingerprint density at radius 3 is 2.38 bits per heavy atom. The van der Waals surface area contributed by atoms with Crippen molar-refractivity contribution >= 4 is 0 Å². The lowest BCUT2D eigenvalue weighted by Gasteiger charge is -2.20. The SMILES string of the molecule is CCCNC(c1ccc(CCC)cc1)c1ccnc(C)c1. The predicted molar refractivity (Wildman–Crippen MR) is 89.5 cm³/mol. The molecule has 2 rings (SSSR count). The van der Waals surface area contributed by atoms with Crippen molar-refractivity contribution in [2.75, 3.05) is 6.54 Å². The summed E-state index contributed by atoms with van der Waals surface area (Å²) in [7, 11) is 0. The van der Waals surface area contributed by atoms with Gasteiger partial charge in [-0.15, -0.1) is 0 Å². The summed E-state index contributed by atoms with van der Waals surface area (Å²) in [4.78, 5) is 4.31. The number of pyridine rings is 1. The van der Waals surface area contributed by atoms with Crippen molar-refractivity contribution in [3.8, 4) is 0 Å². The third-order valence-electron chi connectivity index (χ3n) is 3.70. The highest BCUT2D eigenvalue weighted by Crippen LogP contribution is 2.23. The molecule has 0 saturated heterocycles. The third kappa shape index (κ3) is 4.40. The molecule has 0 fully saturated rings. The molecular weight excluding hydrogens is 256 g/mol. The lowest BCUT2D eigenvalue weighted by Crippen LogP contribution is -2.23. The van der Waals surface area contributed by atoms with Crippen molar-refractivity contribution in [2.24, 2.45) is 0 Å². The van der Waals surface area contributed by atoms with E-state index in [-0.39, 0.29) is 6.04 Å². The lowest BCUT2D eigenvalue weighted by molar-refractivity contribution is 0.597. The van der Waals surface area contributed by atoms with Crippen molar-refractivity contribution in [3.05, 3.63) is 65.0 Å². The van der Waals surface area contributed by atoms with Crippen LogP contribution in [0.25, 0.3) is 0 Å². The normalized spacial score (nSPS) is 12.3. The molecule has 0 saturated carbocycles. The van der Waals surface area contributed by atoms with Crippen LogP contribution in [0.4, 0.5) is 0 Å². The highest BCUT2D eigenvalue weighted by Gasteiger charge is 2.13. The van der Waals surface area contributed by atoms with Crippen molar-refractivity contribution in [1.82, 2.24) is 10.3 Å². The van der Waals surface area contributed by atoms with Gasteiger partial charge in [-0.2, -0.15) is 0 Å². The van der Waals surface area contributed by atoms with Crippen LogP contribution in [-0.2, 0) is 6.42 Å². The highest BCUT2D eigenvalue weighted by atomic mass is 14.9. The van der Waals surface area contributed by atoms with Crippen LogP contribution in [0.1, 0.15) is 55.1 Å². The molecule has 1 heterocycles. The zero-order valence-electron chi connectivity index (χ0n) is 13.4. The first kappa shape index (κ1) is 15.7. The molecule has 0 radical (unpaired) electrons. The van der Waals surface area contributed by atoms with E-state index < -0.39 is 0 Å². The van der Waals surface area contributed by atoms with E-state index in [9.17, 15) is 0 Å². The molecule has 1 atom stereocenters. The highest BCUT2D eigenvalue weighted by molar-refractivity contribution is 5.33. The summed E-state index contributed by atoms with van der Waals surface area (Å²) >= 11 is 0. The van der Waals surface area contributed by atoms with E-state index >= 15 is 0 Å². The molecule has 2 nitrogen and oxygen atoms in total. The minimum Gasteiger partial charge on any atom is -0.306 e. The van der Waals surface area contributed by atoms with Gasteiger partial charge in [-0.25, -0.2) is 0 Å². The molecule has 21 heavy (non-hydrogen) atoms. The Kier molecular flexibility index (Phi) is 5.94. The predicted octanol–water partition coefficient (Wildman–Crippen LogP) is 4.43. The number of benzene rings is 1. The van der Waals surface area contributed by atoms with Gasteiger partial charge in [-0.3, -0.25) is 4.98 Å². The van der Waals surface area contributed by atoms with E-state index in [0.29, 0.717) is 0 Å². The van der Waals surface area contributed by atoms with Gasteiger partial charge in [-0.1, -0.05) is 44.5 Å². The second-order valence-corrected chi connectivity index (χ2v) is 5.61. The second kappa shape index (κ2) is 7.94. The summed E-state index contributed by atoms with van der Waals surface area (Å²) in [6.45, 7) is 7.49. The lowest BCUT2D eigenvalue weighted by atomic mass is 9.97.